The number of benzene rings is 2. The molecular formula is C40H46N6O5S. The summed E-state index contributed by atoms with van der Waals surface area (Å²) in [6, 6.07) is 13.6. The second-order valence-corrected chi connectivity index (χ2v) is 17.9. The SMILES string of the molecule is Cc1cccc(C)c1-c1cc2nc(n1)NS(=O)(=O)c1cccc(c1)C(=O)N(C13CC(C1)C3c1cnc(C3CCOCC3)cn1)[C@H](CC(C)(C)C)CO2. The quantitative estimate of drug-likeness (QED) is 0.235. The van der Waals surface area contributed by atoms with E-state index in [9.17, 15) is 8.42 Å². The number of fused-ring (bicyclic) bond motifs is 4. The third-order valence-electron chi connectivity index (χ3n) is 11.3. The van der Waals surface area contributed by atoms with Crippen LogP contribution in [0, 0.1) is 25.2 Å². The number of aryl methyl sites for hydroxylation is 2. The van der Waals surface area contributed by atoms with Gasteiger partial charge in [-0.3, -0.25) is 14.8 Å². The Labute approximate surface area is 305 Å². The number of hydrogen-bond acceptors (Lipinski definition) is 9. The summed E-state index contributed by atoms with van der Waals surface area (Å²) in [6.07, 6.45) is 8.01. The number of carbonyl (C=O) groups is 1. The summed E-state index contributed by atoms with van der Waals surface area (Å²) < 4.78 is 42.4. The molecule has 4 fully saturated rings. The van der Waals surface area contributed by atoms with Crippen molar-refractivity contribution in [1.82, 2.24) is 24.8 Å². The summed E-state index contributed by atoms with van der Waals surface area (Å²) in [6.45, 7) is 12.1. The summed E-state index contributed by atoms with van der Waals surface area (Å²) in [4.78, 5) is 36.1. The maximum Gasteiger partial charge on any atom is 0.264 e. The molecule has 2 atom stereocenters. The van der Waals surface area contributed by atoms with Crippen molar-refractivity contribution in [3.8, 4) is 17.1 Å². The minimum Gasteiger partial charge on any atom is -0.475 e. The van der Waals surface area contributed by atoms with Gasteiger partial charge in [-0.2, -0.15) is 4.98 Å². The second-order valence-electron chi connectivity index (χ2n) is 16.2. The molecule has 1 unspecified atom stereocenters. The van der Waals surface area contributed by atoms with Gasteiger partial charge in [0.25, 0.3) is 15.9 Å². The van der Waals surface area contributed by atoms with Gasteiger partial charge >= 0.3 is 0 Å². The molecule has 5 aliphatic rings. The van der Waals surface area contributed by atoms with Gasteiger partial charge in [-0.25, -0.2) is 18.1 Å². The lowest BCUT2D eigenvalue weighted by Crippen LogP contribution is -2.77. The molecule has 3 saturated carbocycles. The van der Waals surface area contributed by atoms with E-state index in [-0.39, 0.29) is 46.6 Å². The minimum absolute atomic E-state index is 0.0145. The van der Waals surface area contributed by atoms with Crippen molar-refractivity contribution >= 4 is 21.9 Å². The van der Waals surface area contributed by atoms with E-state index in [0.29, 0.717) is 29.5 Å². The molecule has 6 bridgehead atoms. The van der Waals surface area contributed by atoms with Gasteiger partial charge in [0.05, 0.1) is 33.6 Å². The topological polar surface area (TPSA) is 136 Å². The van der Waals surface area contributed by atoms with Gasteiger partial charge in [0, 0.05) is 54.6 Å². The molecule has 12 heteroatoms. The fourth-order valence-electron chi connectivity index (χ4n) is 8.88. The van der Waals surface area contributed by atoms with E-state index >= 15 is 4.79 Å². The maximum absolute atomic E-state index is 15.0. The van der Waals surface area contributed by atoms with Crippen molar-refractivity contribution in [3.63, 3.8) is 0 Å². The monoisotopic (exact) mass is 722 g/mol. The van der Waals surface area contributed by atoms with Crippen molar-refractivity contribution in [3.05, 3.63) is 89.0 Å². The first kappa shape index (κ1) is 34.7. The molecule has 2 aromatic carbocycles. The number of carbonyl (C=O) groups excluding carboxylic acids is 1. The number of nitrogens with one attached hydrogen (secondary N) is 1. The first-order valence-electron chi connectivity index (χ1n) is 18.3. The average molecular weight is 723 g/mol. The molecule has 9 rings (SSSR count). The van der Waals surface area contributed by atoms with E-state index in [2.05, 4.69) is 35.5 Å². The molecule has 11 nitrogen and oxygen atoms in total. The zero-order valence-electron chi connectivity index (χ0n) is 30.4. The van der Waals surface area contributed by atoms with Gasteiger partial charge in [0.15, 0.2) is 0 Å². The molecular weight excluding hydrogens is 677 g/mol. The molecule has 4 aromatic rings. The Morgan fingerprint density at radius 1 is 0.942 bits per heavy atom. The predicted molar refractivity (Wildman–Crippen MR) is 197 cm³/mol. The number of ether oxygens (including phenoxy) is 2. The van der Waals surface area contributed by atoms with Crippen LogP contribution in [0.3, 0.4) is 0 Å². The standard InChI is InChI=1S/C40H46N6O5S/c1-24-8-6-9-25(2)35(24)31-17-34-44-38(43-31)45-52(48,49)30-11-7-10-27(16-30)37(47)46(29(23-51-34)20-39(3,4)5)40-18-28(19-40)36(40)33-22-41-32(21-42-33)26-12-14-50-15-13-26/h6-11,16-17,21-22,26,28-29,36H,12-15,18-20,23H2,1-5H3,(H,43,44,45)/t28?,29-,36?,40?/m1/s1. The lowest BCUT2D eigenvalue weighted by molar-refractivity contribution is -0.172. The first-order chi connectivity index (χ1) is 24.8. The van der Waals surface area contributed by atoms with E-state index in [0.717, 1.165) is 67.0 Å². The van der Waals surface area contributed by atoms with Crippen molar-refractivity contribution in [2.24, 2.45) is 11.3 Å². The Bertz CT molecular complexity index is 2100. The van der Waals surface area contributed by atoms with Gasteiger partial charge in [0.2, 0.25) is 11.8 Å². The van der Waals surface area contributed by atoms with Gasteiger partial charge < -0.3 is 14.4 Å². The Morgan fingerprint density at radius 3 is 2.29 bits per heavy atom. The lowest BCUT2D eigenvalue weighted by atomic mass is 9.40. The molecule has 52 heavy (non-hydrogen) atoms. The van der Waals surface area contributed by atoms with Crippen LogP contribution in [0.2, 0.25) is 0 Å². The van der Waals surface area contributed by atoms with Crippen molar-refractivity contribution in [2.75, 3.05) is 24.5 Å². The Balaban J connectivity index is 1.22. The van der Waals surface area contributed by atoms with Crippen LogP contribution in [0.25, 0.3) is 11.3 Å². The maximum atomic E-state index is 15.0. The first-order valence-corrected chi connectivity index (χ1v) is 19.7. The highest BCUT2D eigenvalue weighted by Crippen LogP contribution is 2.70. The second kappa shape index (κ2) is 12.9. The highest BCUT2D eigenvalue weighted by Gasteiger charge is 2.71. The molecule has 0 spiro atoms. The van der Waals surface area contributed by atoms with E-state index in [1.807, 2.05) is 49.3 Å². The van der Waals surface area contributed by atoms with Crippen LogP contribution in [-0.2, 0) is 14.8 Å². The average Bonchev–Trinajstić information content (AvgIpc) is 3.07. The lowest BCUT2D eigenvalue weighted by Gasteiger charge is -2.72. The van der Waals surface area contributed by atoms with Gasteiger partial charge in [-0.05, 0) is 86.6 Å². The highest BCUT2D eigenvalue weighted by molar-refractivity contribution is 7.92. The van der Waals surface area contributed by atoms with Crippen LogP contribution in [0.1, 0.15) is 97.6 Å². The van der Waals surface area contributed by atoms with Crippen LogP contribution in [-0.4, -0.2) is 70.6 Å². The van der Waals surface area contributed by atoms with E-state index in [1.54, 1.807) is 18.2 Å². The van der Waals surface area contributed by atoms with Gasteiger partial charge in [0.1, 0.15) is 6.61 Å². The third kappa shape index (κ3) is 6.23. The number of hydrogen-bond donors (Lipinski definition) is 1. The molecule has 1 saturated heterocycles. The number of rotatable bonds is 5. The van der Waals surface area contributed by atoms with Crippen molar-refractivity contribution in [1.29, 1.82) is 0 Å². The molecule has 1 amide bonds. The summed E-state index contributed by atoms with van der Waals surface area (Å²) in [5.41, 5.74) is 4.91. The Morgan fingerprint density at radius 2 is 1.63 bits per heavy atom. The van der Waals surface area contributed by atoms with Crippen LogP contribution >= 0.6 is 0 Å². The molecule has 0 radical (unpaired) electrons. The largest absolute Gasteiger partial charge is 0.475 e. The predicted octanol–water partition coefficient (Wildman–Crippen LogP) is 6.83. The van der Waals surface area contributed by atoms with Crippen LogP contribution in [0.4, 0.5) is 5.95 Å². The van der Waals surface area contributed by atoms with Crippen LogP contribution < -0.4 is 9.46 Å². The van der Waals surface area contributed by atoms with E-state index in [1.165, 1.54) is 12.1 Å². The number of nitrogens with zero attached hydrogens (tertiary/aromatic N) is 5. The Kier molecular flexibility index (Phi) is 8.60. The fraction of sp³-hybridized carbons (Fsp3) is 0.475. The summed E-state index contributed by atoms with van der Waals surface area (Å²) >= 11 is 0. The van der Waals surface area contributed by atoms with Gasteiger partial charge in [-0.15, -0.1) is 0 Å². The Hall–Kier alpha value is -4.42. The smallest absolute Gasteiger partial charge is 0.264 e. The van der Waals surface area contributed by atoms with Crippen molar-refractivity contribution in [2.45, 2.75) is 95.0 Å². The molecule has 2 aliphatic heterocycles. The highest BCUT2D eigenvalue weighted by atomic mass is 32.2. The number of anilines is 1. The van der Waals surface area contributed by atoms with Gasteiger partial charge in [-0.1, -0.05) is 45.0 Å². The van der Waals surface area contributed by atoms with E-state index in [4.69, 9.17) is 19.4 Å². The summed E-state index contributed by atoms with van der Waals surface area (Å²) in [5.74, 6) is 0.643. The van der Waals surface area contributed by atoms with Crippen LogP contribution in [0.15, 0.2) is 65.8 Å². The zero-order valence-corrected chi connectivity index (χ0v) is 31.2. The molecule has 272 valence electrons. The zero-order chi connectivity index (χ0) is 36.4. The van der Waals surface area contributed by atoms with Crippen LogP contribution in [0.5, 0.6) is 5.88 Å². The minimum atomic E-state index is -4.17. The number of aromatic nitrogens is 4. The normalized spacial score (nSPS) is 25.7. The summed E-state index contributed by atoms with van der Waals surface area (Å²) in [7, 11) is -4.17. The molecule has 3 aliphatic carbocycles. The molecule has 2 aromatic heterocycles. The number of sulfonamides is 1. The van der Waals surface area contributed by atoms with E-state index < -0.39 is 15.6 Å². The molecule has 1 N–H and O–H groups in total. The van der Waals surface area contributed by atoms with Crippen molar-refractivity contribution < 1.29 is 22.7 Å². The molecule has 4 heterocycles. The third-order valence-corrected chi connectivity index (χ3v) is 12.6. The fourth-order valence-corrected chi connectivity index (χ4v) is 9.87. The summed E-state index contributed by atoms with van der Waals surface area (Å²) in [5, 5.41) is 0. The number of amides is 1.